The number of nitrogens with one attached hydrogen (secondary N) is 1. The molecule has 4 rings (SSSR count). The van der Waals surface area contributed by atoms with Crippen molar-refractivity contribution in [2.45, 2.75) is 19.6 Å². The summed E-state index contributed by atoms with van der Waals surface area (Å²) in [7, 11) is 0. The summed E-state index contributed by atoms with van der Waals surface area (Å²) < 4.78 is 11.3. The van der Waals surface area contributed by atoms with Crippen LogP contribution >= 0.6 is 22.9 Å². The van der Waals surface area contributed by atoms with Crippen LogP contribution in [0.15, 0.2) is 53.9 Å². The van der Waals surface area contributed by atoms with Crippen LogP contribution in [0.4, 0.5) is 0 Å². The maximum absolute atomic E-state index is 12.9. The number of carbonyl (C=O) groups excluding carboxylic acids is 1. The highest BCUT2D eigenvalue weighted by Gasteiger charge is 2.23. The van der Waals surface area contributed by atoms with Gasteiger partial charge in [-0.05, 0) is 42.8 Å². The summed E-state index contributed by atoms with van der Waals surface area (Å²) in [6.07, 6.45) is 0. The largest absolute Gasteiger partial charge is 0.487 e. The Morgan fingerprint density at radius 2 is 2.03 bits per heavy atom. The average molecular weight is 472 g/mol. The Morgan fingerprint density at radius 3 is 2.75 bits per heavy atom. The summed E-state index contributed by atoms with van der Waals surface area (Å²) in [4.78, 5) is 19.6. The van der Waals surface area contributed by atoms with E-state index in [0.717, 1.165) is 29.4 Å². The van der Waals surface area contributed by atoms with Gasteiger partial charge in [-0.2, -0.15) is 0 Å². The van der Waals surface area contributed by atoms with Gasteiger partial charge in [0.15, 0.2) is 0 Å². The first kappa shape index (κ1) is 22.7. The number of nitrogens with zero attached hydrogens (tertiary/aromatic N) is 2. The number of aryl methyl sites for hydroxylation is 1. The van der Waals surface area contributed by atoms with Crippen molar-refractivity contribution < 1.29 is 14.3 Å². The zero-order valence-electron chi connectivity index (χ0n) is 17.9. The summed E-state index contributed by atoms with van der Waals surface area (Å²) in [6.45, 7) is 5.86. The van der Waals surface area contributed by atoms with Gasteiger partial charge in [-0.15, -0.1) is 11.3 Å². The summed E-state index contributed by atoms with van der Waals surface area (Å²) >= 11 is 7.66. The Balaban J connectivity index is 1.40. The molecule has 1 atom stereocenters. The number of carbonyl (C=O) groups is 1. The van der Waals surface area contributed by atoms with Crippen LogP contribution in [0.2, 0.25) is 5.02 Å². The fraction of sp³-hybridized carbons (Fsp3) is 0.333. The highest BCUT2D eigenvalue weighted by Crippen LogP contribution is 2.23. The fourth-order valence-electron chi connectivity index (χ4n) is 3.68. The zero-order chi connectivity index (χ0) is 22.3. The van der Waals surface area contributed by atoms with Gasteiger partial charge >= 0.3 is 0 Å². The summed E-state index contributed by atoms with van der Waals surface area (Å²) in [5, 5.41) is 6.78. The molecule has 1 aliphatic rings. The van der Waals surface area contributed by atoms with E-state index in [4.69, 9.17) is 21.1 Å². The Bertz CT molecular complexity index is 1030. The van der Waals surface area contributed by atoms with Gasteiger partial charge < -0.3 is 14.8 Å². The second kappa shape index (κ2) is 10.9. The number of hydrogen-bond donors (Lipinski definition) is 1. The van der Waals surface area contributed by atoms with E-state index in [2.05, 4.69) is 15.2 Å². The molecule has 1 N–H and O–H groups in total. The van der Waals surface area contributed by atoms with Crippen molar-refractivity contribution in [1.29, 1.82) is 0 Å². The van der Waals surface area contributed by atoms with Crippen LogP contribution in [-0.4, -0.2) is 48.6 Å². The lowest BCUT2D eigenvalue weighted by molar-refractivity contribution is 0.0162. The Kier molecular flexibility index (Phi) is 7.76. The fourth-order valence-corrected chi connectivity index (χ4v) is 4.41. The van der Waals surface area contributed by atoms with E-state index in [1.807, 2.05) is 48.7 Å². The molecule has 2 heterocycles. The maximum Gasteiger partial charge on any atom is 0.251 e. The second-order valence-corrected chi connectivity index (χ2v) is 9.10. The molecule has 168 valence electrons. The third kappa shape index (κ3) is 6.07. The van der Waals surface area contributed by atoms with Crippen LogP contribution in [0.5, 0.6) is 5.75 Å². The smallest absolute Gasteiger partial charge is 0.251 e. The van der Waals surface area contributed by atoms with Crippen molar-refractivity contribution in [2.75, 3.05) is 32.8 Å². The molecule has 0 bridgehead atoms. The number of ether oxygens (including phenoxy) is 2. The lowest BCUT2D eigenvalue weighted by atomic mass is 10.0. The number of halogens is 1. The van der Waals surface area contributed by atoms with Crippen LogP contribution in [0.1, 0.15) is 32.7 Å². The highest BCUT2D eigenvalue weighted by atomic mass is 35.5. The molecule has 1 aliphatic heterocycles. The second-order valence-electron chi connectivity index (χ2n) is 7.60. The number of thiazole rings is 1. The van der Waals surface area contributed by atoms with Gasteiger partial charge in [0, 0.05) is 35.6 Å². The van der Waals surface area contributed by atoms with Gasteiger partial charge in [-0.3, -0.25) is 9.69 Å². The third-order valence-corrected chi connectivity index (χ3v) is 6.42. The topological polar surface area (TPSA) is 63.7 Å². The number of rotatable bonds is 8. The predicted molar refractivity (Wildman–Crippen MR) is 127 cm³/mol. The van der Waals surface area contributed by atoms with Crippen LogP contribution in [0, 0.1) is 6.92 Å². The third-order valence-electron chi connectivity index (χ3n) is 5.35. The molecule has 0 spiro atoms. The summed E-state index contributed by atoms with van der Waals surface area (Å²) in [5.74, 6) is 0.512. The minimum Gasteiger partial charge on any atom is -0.487 e. The van der Waals surface area contributed by atoms with Crippen LogP contribution in [0.3, 0.4) is 0 Å². The van der Waals surface area contributed by atoms with Crippen LogP contribution < -0.4 is 10.1 Å². The predicted octanol–water partition coefficient (Wildman–Crippen LogP) is 4.49. The van der Waals surface area contributed by atoms with Gasteiger partial charge in [0.05, 0.1) is 30.0 Å². The van der Waals surface area contributed by atoms with E-state index in [-0.39, 0.29) is 11.9 Å². The number of hydrogen-bond acceptors (Lipinski definition) is 6. The summed E-state index contributed by atoms with van der Waals surface area (Å²) in [6, 6.07) is 15.1. The highest BCUT2D eigenvalue weighted by molar-refractivity contribution is 7.09. The van der Waals surface area contributed by atoms with E-state index < -0.39 is 0 Å². The minimum atomic E-state index is -0.132. The quantitative estimate of drug-likeness (QED) is 0.524. The van der Waals surface area contributed by atoms with Gasteiger partial charge in [0.2, 0.25) is 0 Å². The number of benzene rings is 2. The lowest BCUT2D eigenvalue weighted by Crippen LogP contribution is -2.43. The first-order valence-electron chi connectivity index (χ1n) is 10.6. The maximum atomic E-state index is 12.9. The minimum absolute atomic E-state index is 0.0486. The van der Waals surface area contributed by atoms with Gasteiger partial charge in [0.1, 0.15) is 12.4 Å². The molecule has 1 unspecified atom stereocenters. The first-order chi connectivity index (χ1) is 15.6. The Hall–Kier alpha value is -2.45. The molecule has 0 radical (unpaired) electrons. The van der Waals surface area contributed by atoms with Crippen LogP contribution in [0.25, 0.3) is 0 Å². The van der Waals surface area contributed by atoms with Crippen molar-refractivity contribution in [3.05, 3.63) is 80.8 Å². The number of aromatic nitrogens is 1. The van der Waals surface area contributed by atoms with Gasteiger partial charge in [-0.25, -0.2) is 4.98 Å². The Morgan fingerprint density at radius 1 is 1.25 bits per heavy atom. The number of amides is 1. The van der Waals surface area contributed by atoms with Gasteiger partial charge in [0.25, 0.3) is 5.91 Å². The molecular formula is C24H26ClN3O3S. The molecule has 0 saturated carbocycles. The van der Waals surface area contributed by atoms with E-state index in [1.54, 1.807) is 23.5 Å². The average Bonchev–Trinajstić information content (AvgIpc) is 3.25. The summed E-state index contributed by atoms with van der Waals surface area (Å²) in [5.41, 5.74) is 2.57. The van der Waals surface area contributed by atoms with E-state index in [1.165, 1.54) is 0 Å². The van der Waals surface area contributed by atoms with Crippen molar-refractivity contribution in [3.63, 3.8) is 0 Å². The molecule has 6 nitrogen and oxygen atoms in total. The Labute approximate surface area is 197 Å². The van der Waals surface area contributed by atoms with E-state index in [9.17, 15) is 4.79 Å². The SMILES string of the molecule is Cc1nc(COc2cccc(C(=O)NCC(c3ccc(Cl)cc3)N3CCOCC3)c2)cs1. The monoisotopic (exact) mass is 471 g/mol. The van der Waals surface area contributed by atoms with Crippen molar-refractivity contribution in [2.24, 2.45) is 0 Å². The number of morpholine rings is 1. The molecular weight excluding hydrogens is 446 g/mol. The molecule has 1 saturated heterocycles. The molecule has 1 amide bonds. The normalized spacial score (nSPS) is 15.3. The molecule has 0 aliphatic carbocycles. The first-order valence-corrected chi connectivity index (χ1v) is 11.8. The van der Waals surface area contributed by atoms with E-state index >= 15 is 0 Å². The van der Waals surface area contributed by atoms with Crippen molar-refractivity contribution in [1.82, 2.24) is 15.2 Å². The molecule has 8 heteroatoms. The zero-order valence-corrected chi connectivity index (χ0v) is 19.5. The molecule has 2 aromatic carbocycles. The van der Waals surface area contributed by atoms with Crippen molar-refractivity contribution in [3.8, 4) is 5.75 Å². The van der Waals surface area contributed by atoms with E-state index in [0.29, 0.717) is 42.7 Å². The lowest BCUT2D eigenvalue weighted by Gasteiger charge is -2.35. The molecule has 1 fully saturated rings. The standard InChI is InChI=1S/C24H26ClN3O3S/c1-17-27-21(16-32-17)15-31-22-4-2-3-19(13-22)24(29)26-14-23(28-9-11-30-12-10-28)18-5-7-20(25)8-6-18/h2-8,13,16,23H,9-12,14-15H2,1H3,(H,26,29). The molecule has 3 aromatic rings. The molecule has 1 aromatic heterocycles. The van der Waals surface area contributed by atoms with Crippen molar-refractivity contribution >= 4 is 28.8 Å². The van der Waals surface area contributed by atoms with Gasteiger partial charge in [-0.1, -0.05) is 29.8 Å². The molecule has 32 heavy (non-hydrogen) atoms. The van der Waals surface area contributed by atoms with Crippen LogP contribution in [-0.2, 0) is 11.3 Å².